The van der Waals surface area contributed by atoms with Gasteiger partial charge in [0.05, 0.1) is 11.7 Å². The number of urea groups is 1. The third-order valence-corrected chi connectivity index (χ3v) is 4.70. The predicted octanol–water partition coefficient (Wildman–Crippen LogP) is 3.61. The van der Waals surface area contributed by atoms with Crippen molar-refractivity contribution in [2.24, 2.45) is 0 Å². The average Bonchev–Trinajstić information content (AvgIpc) is 3.05. The molecule has 0 saturated heterocycles. The van der Waals surface area contributed by atoms with Gasteiger partial charge >= 0.3 is 6.03 Å². The van der Waals surface area contributed by atoms with E-state index in [1.54, 1.807) is 4.90 Å². The molecule has 1 unspecified atom stereocenters. The second-order valence-corrected chi connectivity index (χ2v) is 6.12. The second kappa shape index (κ2) is 6.07. The summed E-state index contributed by atoms with van der Waals surface area (Å²) in [5, 5.41) is 2.96. The fourth-order valence-corrected chi connectivity index (χ4v) is 3.45. The Morgan fingerprint density at radius 3 is 2.88 bits per heavy atom. The molecule has 1 aliphatic carbocycles. The fourth-order valence-electron chi connectivity index (χ4n) is 3.45. The fraction of sp³-hybridized carbons (Fsp3) is 0.316. The van der Waals surface area contributed by atoms with Crippen LogP contribution in [0.25, 0.3) is 0 Å². The SMILES string of the molecule is CN(C(=O)Nc1cccc2c1OCCO2)C1CCc2ccccc21. The summed E-state index contributed by atoms with van der Waals surface area (Å²) in [5.41, 5.74) is 3.22. The Hall–Kier alpha value is -2.69. The number of ether oxygens (including phenoxy) is 2. The van der Waals surface area contributed by atoms with E-state index >= 15 is 0 Å². The van der Waals surface area contributed by atoms with E-state index in [4.69, 9.17) is 9.47 Å². The Morgan fingerprint density at radius 2 is 1.96 bits per heavy atom. The zero-order chi connectivity index (χ0) is 16.5. The van der Waals surface area contributed by atoms with E-state index < -0.39 is 0 Å². The van der Waals surface area contributed by atoms with Gasteiger partial charge in [0.15, 0.2) is 11.5 Å². The van der Waals surface area contributed by atoms with Crippen LogP contribution in [0.3, 0.4) is 0 Å². The maximum absolute atomic E-state index is 12.7. The molecular weight excluding hydrogens is 304 g/mol. The van der Waals surface area contributed by atoms with Crippen molar-refractivity contribution in [3.63, 3.8) is 0 Å². The van der Waals surface area contributed by atoms with Crippen LogP contribution >= 0.6 is 0 Å². The number of nitrogens with one attached hydrogen (secondary N) is 1. The Labute approximate surface area is 141 Å². The van der Waals surface area contributed by atoms with E-state index in [0.717, 1.165) is 12.8 Å². The smallest absolute Gasteiger partial charge is 0.322 e. The summed E-state index contributed by atoms with van der Waals surface area (Å²) in [7, 11) is 1.84. The van der Waals surface area contributed by atoms with Gasteiger partial charge in [-0.2, -0.15) is 0 Å². The third-order valence-electron chi connectivity index (χ3n) is 4.70. The van der Waals surface area contributed by atoms with E-state index in [1.807, 2.05) is 31.3 Å². The summed E-state index contributed by atoms with van der Waals surface area (Å²) in [4.78, 5) is 14.5. The van der Waals surface area contributed by atoms with Crippen molar-refractivity contribution in [3.8, 4) is 11.5 Å². The monoisotopic (exact) mass is 324 g/mol. The summed E-state index contributed by atoms with van der Waals surface area (Å²) < 4.78 is 11.2. The highest BCUT2D eigenvalue weighted by atomic mass is 16.6. The van der Waals surface area contributed by atoms with Crippen molar-refractivity contribution in [3.05, 3.63) is 53.6 Å². The molecule has 1 heterocycles. The first-order chi connectivity index (χ1) is 11.7. The Kier molecular flexibility index (Phi) is 3.76. The molecule has 5 heteroatoms. The number of carbonyl (C=O) groups is 1. The highest BCUT2D eigenvalue weighted by Gasteiger charge is 2.29. The van der Waals surface area contributed by atoms with Crippen LogP contribution in [0.15, 0.2) is 42.5 Å². The minimum atomic E-state index is -0.140. The lowest BCUT2D eigenvalue weighted by Gasteiger charge is -2.27. The van der Waals surface area contributed by atoms with E-state index in [9.17, 15) is 4.79 Å². The molecule has 2 aromatic carbocycles. The average molecular weight is 324 g/mol. The molecule has 24 heavy (non-hydrogen) atoms. The number of fused-ring (bicyclic) bond motifs is 2. The molecule has 2 amide bonds. The van der Waals surface area contributed by atoms with Gasteiger partial charge in [-0.15, -0.1) is 0 Å². The molecule has 0 aromatic heterocycles. The third kappa shape index (κ3) is 2.56. The molecule has 0 saturated carbocycles. The topological polar surface area (TPSA) is 50.8 Å². The molecule has 4 rings (SSSR count). The minimum absolute atomic E-state index is 0.109. The van der Waals surface area contributed by atoms with E-state index in [2.05, 4.69) is 23.5 Å². The lowest BCUT2D eigenvalue weighted by Crippen LogP contribution is -2.34. The zero-order valence-electron chi connectivity index (χ0n) is 13.6. The molecular formula is C19H20N2O3. The molecule has 1 aliphatic heterocycles. The number of carbonyl (C=O) groups excluding carboxylic acids is 1. The van der Waals surface area contributed by atoms with Crippen LogP contribution in [-0.2, 0) is 6.42 Å². The molecule has 0 radical (unpaired) electrons. The van der Waals surface area contributed by atoms with Crippen molar-refractivity contribution in [1.82, 2.24) is 4.90 Å². The first kappa shape index (κ1) is 14.9. The maximum atomic E-state index is 12.7. The molecule has 1 N–H and O–H groups in total. The highest BCUT2D eigenvalue weighted by molar-refractivity contribution is 5.92. The van der Waals surface area contributed by atoms with Crippen LogP contribution < -0.4 is 14.8 Å². The van der Waals surface area contributed by atoms with Gasteiger partial charge < -0.3 is 19.7 Å². The van der Waals surface area contributed by atoms with E-state index in [-0.39, 0.29) is 12.1 Å². The van der Waals surface area contributed by atoms with Gasteiger partial charge in [0.2, 0.25) is 0 Å². The lowest BCUT2D eigenvalue weighted by molar-refractivity contribution is 0.172. The van der Waals surface area contributed by atoms with E-state index in [0.29, 0.717) is 30.4 Å². The Balaban J connectivity index is 1.53. The largest absolute Gasteiger partial charge is 0.486 e. The summed E-state index contributed by atoms with van der Waals surface area (Å²) in [5.74, 6) is 1.28. The number of hydrogen-bond donors (Lipinski definition) is 1. The molecule has 0 bridgehead atoms. The van der Waals surface area contributed by atoms with Crippen molar-refractivity contribution in [2.75, 3.05) is 25.6 Å². The first-order valence-electron chi connectivity index (χ1n) is 8.24. The second-order valence-electron chi connectivity index (χ2n) is 6.12. The molecule has 2 aliphatic rings. The molecule has 5 nitrogen and oxygen atoms in total. The van der Waals surface area contributed by atoms with Crippen molar-refractivity contribution >= 4 is 11.7 Å². The van der Waals surface area contributed by atoms with Crippen LogP contribution in [0.5, 0.6) is 11.5 Å². The van der Waals surface area contributed by atoms with E-state index in [1.165, 1.54) is 11.1 Å². The molecule has 0 spiro atoms. The van der Waals surface area contributed by atoms with Gasteiger partial charge in [-0.25, -0.2) is 4.79 Å². The Morgan fingerprint density at radius 1 is 1.12 bits per heavy atom. The number of nitrogens with zero attached hydrogens (tertiary/aromatic N) is 1. The Bertz CT molecular complexity index is 775. The van der Waals surface area contributed by atoms with Crippen LogP contribution in [0.4, 0.5) is 10.5 Å². The summed E-state index contributed by atoms with van der Waals surface area (Å²) in [6.07, 6.45) is 1.96. The summed E-state index contributed by atoms with van der Waals surface area (Å²) >= 11 is 0. The molecule has 2 aromatic rings. The van der Waals surface area contributed by atoms with Crippen molar-refractivity contribution in [1.29, 1.82) is 0 Å². The quantitative estimate of drug-likeness (QED) is 0.918. The molecule has 0 fully saturated rings. The minimum Gasteiger partial charge on any atom is -0.486 e. The normalized spacial score (nSPS) is 18.0. The van der Waals surface area contributed by atoms with Gasteiger partial charge in [-0.3, -0.25) is 0 Å². The van der Waals surface area contributed by atoms with Crippen molar-refractivity contribution in [2.45, 2.75) is 18.9 Å². The van der Waals surface area contributed by atoms with Crippen molar-refractivity contribution < 1.29 is 14.3 Å². The van der Waals surface area contributed by atoms with Gasteiger partial charge in [-0.05, 0) is 36.1 Å². The molecule has 124 valence electrons. The number of para-hydroxylation sites is 1. The molecule has 1 atom stereocenters. The van der Waals surface area contributed by atoms with Gasteiger partial charge in [0, 0.05) is 7.05 Å². The number of amides is 2. The first-order valence-corrected chi connectivity index (χ1v) is 8.24. The van der Waals surface area contributed by atoms with Crippen LogP contribution in [0.2, 0.25) is 0 Å². The van der Waals surface area contributed by atoms with Gasteiger partial charge in [-0.1, -0.05) is 30.3 Å². The zero-order valence-corrected chi connectivity index (χ0v) is 13.6. The maximum Gasteiger partial charge on any atom is 0.322 e. The lowest BCUT2D eigenvalue weighted by atomic mass is 10.1. The number of benzene rings is 2. The standard InChI is InChI=1S/C19H20N2O3/c1-21(16-10-9-13-5-2-3-6-14(13)16)19(22)20-15-7-4-8-17-18(15)24-12-11-23-17/h2-8,16H,9-12H2,1H3,(H,20,22). The van der Waals surface area contributed by atoms with Crippen LogP contribution in [0, 0.1) is 0 Å². The summed E-state index contributed by atoms with van der Waals surface area (Å²) in [6.45, 7) is 1.02. The number of rotatable bonds is 2. The number of anilines is 1. The van der Waals surface area contributed by atoms with Crippen LogP contribution in [0.1, 0.15) is 23.6 Å². The predicted molar refractivity (Wildman–Crippen MR) is 91.7 cm³/mol. The number of hydrogen-bond acceptors (Lipinski definition) is 3. The summed E-state index contributed by atoms with van der Waals surface area (Å²) in [6, 6.07) is 13.8. The van der Waals surface area contributed by atoms with Gasteiger partial charge in [0.25, 0.3) is 0 Å². The van der Waals surface area contributed by atoms with Crippen LogP contribution in [-0.4, -0.2) is 31.2 Å². The van der Waals surface area contributed by atoms with Gasteiger partial charge in [0.1, 0.15) is 13.2 Å². The highest BCUT2D eigenvalue weighted by Crippen LogP contribution is 2.38. The number of aryl methyl sites for hydroxylation is 1.